The average molecular weight is 362 g/mol. The van der Waals surface area contributed by atoms with E-state index in [0.717, 1.165) is 30.9 Å². The van der Waals surface area contributed by atoms with Crippen molar-refractivity contribution in [1.29, 1.82) is 0 Å². The third kappa shape index (κ3) is 4.50. The Morgan fingerprint density at radius 3 is 2.75 bits per heavy atom. The van der Waals surface area contributed by atoms with Crippen molar-refractivity contribution in [2.75, 3.05) is 29.9 Å². The number of halogens is 1. The van der Waals surface area contributed by atoms with Crippen LogP contribution in [0.1, 0.15) is 21.5 Å². The number of benzene rings is 1. The van der Waals surface area contributed by atoms with Gasteiger partial charge in [0.25, 0.3) is 5.91 Å². The fourth-order valence-corrected chi connectivity index (χ4v) is 3.78. The van der Waals surface area contributed by atoms with Crippen molar-refractivity contribution < 1.29 is 4.79 Å². The van der Waals surface area contributed by atoms with E-state index in [1.807, 2.05) is 24.8 Å². The molecule has 0 saturated carbocycles. The van der Waals surface area contributed by atoms with Gasteiger partial charge >= 0.3 is 0 Å². The Kier molecular flexibility index (Phi) is 5.76. The van der Waals surface area contributed by atoms with Crippen LogP contribution in [0.3, 0.4) is 0 Å². The molecule has 0 unspecified atom stereocenters. The van der Waals surface area contributed by atoms with Crippen LogP contribution in [-0.4, -0.2) is 40.4 Å². The summed E-state index contributed by atoms with van der Waals surface area (Å²) in [6, 6.07) is 9.50. The van der Waals surface area contributed by atoms with Crippen LogP contribution in [-0.2, 0) is 6.54 Å². The number of rotatable bonds is 4. The lowest BCUT2D eigenvalue weighted by molar-refractivity contribution is 0.102. The summed E-state index contributed by atoms with van der Waals surface area (Å²) in [6.07, 6.45) is 1.48. The van der Waals surface area contributed by atoms with Gasteiger partial charge in [-0.05, 0) is 36.2 Å². The number of anilines is 1. The number of amides is 1. The molecule has 0 atom stereocenters. The van der Waals surface area contributed by atoms with Gasteiger partial charge in [0.1, 0.15) is 5.15 Å². The van der Waals surface area contributed by atoms with Crippen molar-refractivity contribution in [2.45, 2.75) is 13.5 Å². The maximum atomic E-state index is 12.3. The maximum Gasteiger partial charge on any atom is 0.257 e. The van der Waals surface area contributed by atoms with E-state index in [1.54, 1.807) is 12.1 Å². The molecule has 3 rings (SSSR count). The second-order valence-electron chi connectivity index (χ2n) is 5.86. The number of hydrogen-bond donors (Lipinski definition) is 1. The number of thioether (sulfide) groups is 1. The number of nitrogens with zero attached hydrogens (tertiary/aromatic N) is 2. The molecular weight excluding hydrogens is 342 g/mol. The Labute approximate surface area is 151 Å². The van der Waals surface area contributed by atoms with Gasteiger partial charge in [0.05, 0.1) is 5.56 Å². The smallest absolute Gasteiger partial charge is 0.257 e. The molecule has 4 nitrogen and oxygen atoms in total. The Morgan fingerprint density at radius 1 is 1.29 bits per heavy atom. The largest absolute Gasteiger partial charge is 0.322 e. The van der Waals surface area contributed by atoms with Crippen LogP contribution in [0.15, 0.2) is 36.5 Å². The molecule has 1 amide bonds. The third-order valence-electron chi connectivity index (χ3n) is 4.04. The summed E-state index contributed by atoms with van der Waals surface area (Å²) >= 11 is 7.77. The molecule has 1 aromatic heterocycles. The van der Waals surface area contributed by atoms with E-state index in [4.69, 9.17) is 11.6 Å². The molecule has 1 aromatic carbocycles. The summed E-state index contributed by atoms with van der Waals surface area (Å²) in [5, 5.41) is 3.32. The Morgan fingerprint density at radius 2 is 2.08 bits per heavy atom. The van der Waals surface area contributed by atoms with Crippen LogP contribution in [0.2, 0.25) is 5.15 Å². The molecule has 1 fully saturated rings. The van der Waals surface area contributed by atoms with Gasteiger partial charge in [0.2, 0.25) is 0 Å². The molecule has 0 radical (unpaired) electrons. The minimum atomic E-state index is -0.178. The first-order chi connectivity index (χ1) is 11.6. The van der Waals surface area contributed by atoms with Gasteiger partial charge in [-0.25, -0.2) is 4.98 Å². The predicted molar refractivity (Wildman–Crippen MR) is 101 cm³/mol. The molecule has 1 saturated heterocycles. The molecule has 1 aliphatic heterocycles. The zero-order valence-electron chi connectivity index (χ0n) is 13.6. The number of carbonyl (C=O) groups is 1. The molecule has 0 spiro atoms. The number of carbonyl (C=O) groups excluding carboxylic acids is 1. The SMILES string of the molecule is Cc1cc(CN2CCSCC2)ccc1NC(=O)c1ccc(Cl)nc1. The summed E-state index contributed by atoms with van der Waals surface area (Å²) in [5.74, 6) is 2.24. The second-order valence-corrected chi connectivity index (χ2v) is 7.47. The Hall–Kier alpha value is -1.56. The number of nitrogens with one attached hydrogen (secondary N) is 1. The monoisotopic (exact) mass is 361 g/mol. The standard InChI is InChI=1S/C18H20ClN3OS/c1-13-10-14(12-22-6-8-24-9-7-22)2-4-16(13)21-18(23)15-3-5-17(19)20-11-15/h2-5,10-11H,6-9,12H2,1H3,(H,21,23). The maximum absolute atomic E-state index is 12.3. The van der Waals surface area contributed by atoms with Crippen molar-refractivity contribution in [3.05, 3.63) is 58.4 Å². The molecule has 1 N–H and O–H groups in total. The highest BCUT2D eigenvalue weighted by Crippen LogP contribution is 2.20. The lowest BCUT2D eigenvalue weighted by atomic mass is 10.1. The van der Waals surface area contributed by atoms with E-state index in [2.05, 4.69) is 27.3 Å². The van der Waals surface area contributed by atoms with Gasteiger partial charge in [-0.1, -0.05) is 23.7 Å². The van der Waals surface area contributed by atoms with E-state index in [-0.39, 0.29) is 5.91 Å². The van der Waals surface area contributed by atoms with Crippen LogP contribution >= 0.6 is 23.4 Å². The van der Waals surface area contributed by atoms with Crippen LogP contribution in [0.25, 0.3) is 0 Å². The summed E-state index contributed by atoms with van der Waals surface area (Å²) in [5.41, 5.74) is 3.67. The van der Waals surface area contributed by atoms with Crippen LogP contribution in [0, 0.1) is 6.92 Å². The number of aromatic nitrogens is 1. The Bertz CT molecular complexity index is 715. The van der Waals surface area contributed by atoms with E-state index >= 15 is 0 Å². The Balaban J connectivity index is 1.65. The van der Waals surface area contributed by atoms with Gasteiger partial charge in [-0.2, -0.15) is 11.8 Å². The molecular formula is C18H20ClN3OS. The summed E-state index contributed by atoms with van der Waals surface area (Å²) in [7, 11) is 0. The molecule has 24 heavy (non-hydrogen) atoms. The first-order valence-corrected chi connectivity index (χ1v) is 9.47. The minimum Gasteiger partial charge on any atom is -0.322 e. The summed E-state index contributed by atoms with van der Waals surface area (Å²) in [6.45, 7) is 5.28. The van der Waals surface area contributed by atoms with Gasteiger partial charge in [-0.15, -0.1) is 0 Å². The lowest BCUT2D eigenvalue weighted by Gasteiger charge is -2.26. The van der Waals surface area contributed by atoms with Crippen LogP contribution in [0.5, 0.6) is 0 Å². The number of aryl methyl sites for hydroxylation is 1. The fourth-order valence-electron chi connectivity index (χ4n) is 2.69. The highest BCUT2D eigenvalue weighted by atomic mass is 35.5. The molecule has 2 heterocycles. The van der Waals surface area contributed by atoms with Crippen LogP contribution in [0.4, 0.5) is 5.69 Å². The second kappa shape index (κ2) is 8.01. The van der Waals surface area contributed by atoms with Crippen molar-refractivity contribution in [3.8, 4) is 0 Å². The molecule has 6 heteroatoms. The highest BCUT2D eigenvalue weighted by Gasteiger charge is 2.12. The van der Waals surface area contributed by atoms with Gasteiger partial charge < -0.3 is 5.32 Å². The quantitative estimate of drug-likeness (QED) is 0.840. The summed E-state index contributed by atoms with van der Waals surface area (Å²) < 4.78 is 0. The highest BCUT2D eigenvalue weighted by molar-refractivity contribution is 7.99. The van der Waals surface area contributed by atoms with Crippen molar-refractivity contribution in [3.63, 3.8) is 0 Å². The fraction of sp³-hybridized carbons (Fsp3) is 0.333. The lowest BCUT2D eigenvalue weighted by Crippen LogP contribution is -2.31. The van der Waals surface area contributed by atoms with Crippen molar-refractivity contribution in [2.24, 2.45) is 0 Å². The van der Waals surface area contributed by atoms with E-state index < -0.39 is 0 Å². The zero-order chi connectivity index (χ0) is 16.9. The minimum absolute atomic E-state index is 0.178. The van der Waals surface area contributed by atoms with Gasteiger partial charge in [0, 0.05) is 43.0 Å². The third-order valence-corrected chi connectivity index (χ3v) is 5.20. The number of hydrogen-bond acceptors (Lipinski definition) is 4. The number of pyridine rings is 1. The van der Waals surface area contributed by atoms with Crippen molar-refractivity contribution in [1.82, 2.24) is 9.88 Å². The van der Waals surface area contributed by atoms with E-state index in [9.17, 15) is 4.79 Å². The van der Waals surface area contributed by atoms with E-state index in [0.29, 0.717) is 10.7 Å². The topological polar surface area (TPSA) is 45.2 Å². The first-order valence-electron chi connectivity index (χ1n) is 7.94. The molecule has 0 bridgehead atoms. The molecule has 126 valence electrons. The first kappa shape index (κ1) is 17.3. The van der Waals surface area contributed by atoms with Gasteiger partial charge in [0.15, 0.2) is 0 Å². The van der Waals surface area contributed by atoms with Crippen LogP contribution < -0.4 is 5.32 Å². The molecule has 0 aliphatic carbocycles. The average Bonchev–Trinajstić information content (AvgIpc) is 2.59. The van der Waals surface area contributed by atoms with Gasteiger partial charge in [-0.3, -0.25) is 9.69 Å². The predicted octanol–water partition coefficient (Wildman–Crippen LogP) is 3.84. The zero-order valence-corrected chi connectivity index (χ0v) is 15.2. The normalized spacial score (nSPS) is 15.2. The molecule has 1 aliphatic rings. The summed E-state index contributed by atoms with van der Waals surface area (Å²) in [4.78, 5) is 18.7. The van der Waals surface area contributed by atoms with E-state index in [1.165, 1.54) is 23.3 Å². The molecule has 2 aromatic rings. The van der Waals surface area contributed by atoms with Crippen molar-refractivity contribution >= 4 is 35.0 Å².